The molecule has 0 aliphatic heterocycles. The molecule has 2 aromatic rings. The van der Waals surface area contributed by atoms with E-state index in [0.29, 0.717) is 16.7 Å². The first-order valence-electron chi connectivity index (χ1n) is 6.52. The van der Waals surface area contributed by atoms with E-state index in [0.717, 1.165) is 35.3 Å². The second-order valence-corrected chi connectivity index (χ2v) is 5.70. The van der Waals surface area contributed by atoms with Crippen LogP contribution in [0.25, 0.3) is 0 Å². The van der Waals surface area contributed by atoms with Crippen molar-refractivity contribution in [2.45, 2.75) is 25.6 Å². The van der Waals surface area contributed by atoms with Crippen LogP contribution in [0.1, 0.15) is 29.2 Å². The van der Waals surface area contributed by atoms with Gasteiger partial charge in [-0.1, -0.05) is 41.4 Å². The van der Waals surface area contributed by atoms with Crippen LogP contribution in [0, 0.1) is 0 Å². The number of benzene rings is 2. The van der Waals surface area contributed by atoms with Crippen molar-refractivity contribution >= 4 is 23.2 Å². The van der Waals surface area contributed by atoms with Crippen LogP contribution in [0.5, 0.6) is 5.75 Å². The van der Waals surface area contributed by atoms with Crippen LogP contribution < -0.4 is 4.74 Å². The van der Waals surface area contributed by atoms with Crippen molar-refractivity contribution in [3.8, 4) is 5.75 Å². The lowest BCUT2D eigenvalue weighted by Crippen LogP contribution is -1.97. The number of hydrogen-bond donors (Lipinski definition) is 1. The summed E-state index contributed by atoms with van der Waals surface area (Å²) in [5.41, 5.74) is 3.03. The number of aliphatic hydroxyl groups is 1. The first-order valence-corrected chi connectivity index (χ1v) is 7.27. The molecule has 2 aromatic carbocycles. The van der Waals surface area contributed by atoms with E-state index in [-0.39, 0.29) is 6.10 Å². The Morgan fingerprint density at radius 2 is 2.05 bits per heavy atom. The molecule has 1 atom stereocenters. The molecule has 0 saturated carbocycles. The second-order valence-electron chi connectivity index (χ2n) is 4.92. The first-order chi connectivity index (χ1) is 9.65. The van der Waals surface area contributed by atoms with Crippen LogP contribution in [0.2, 0.25) is 10.0 Å². The van der Waals surface area contributed by atoms with E-state index < -0.39 is 0 Å². The molecule has 1 unspecified atom stereocenters. The molecule has 0 fully saturated rings. The van der Waals surface area contributed by atoms with Crippen LogP contribution >= 0.6 is 23.2 Å². The van der Waals surface area contributed by atoms with Crippen molar-refractivity contribution in [3.05, 3.63) is 63.1 Å². The molecule has 0 aromatic heterocycles. The summed E-state index contributed by atoms with van der Waals surface area (Å²) in [6.45, 7) is 0.376. The van der Waals surface area contributed by atoms with E-state index in [1.807, 2.05) is 30.3 Å². The molecule has 0 heterocycles. The molecule has 2 nitrogen and oxygen atoms in total. The Morgan fingerprint density at radius 1 is 1.20 bits per heavy atom. The predicted molar refractivity (Wildman–Crippen MR) is 80.5 cm³/mol. The zero-order valence-electron chi connectivity index (χ0n) is 10.8. The molecular formula is C16H14Cl2O2. The third-order valence-electron chi connectivity index (χ3n) is 3.59. The van der Waals surface area contributed by atoms with Crippen LogP contribution in [0.3, 0.4) is 0 Å². The van der Waals surface area contributed by atoms with Crippen LogP contribution in [-0.4, -0.2) is 5.11 Å². The minimum Gasteiger partial charge on any atom is -0.489 e. The van der Waals surface area contributed by atoms with E-state index in [4.69, 9.17) is 27.9 Å². The quantitative estimate of drug-likeness (QED) is 0.901. The molecule has 1 N–H and O–H groups in total. The maximum Gasteiger partial charge on any atom is 0.120 e. The van der Waals surface area contributed by atoms with E-state index in [1.165, 1.54) is 0 Å². The summed E-state index contributed by atoms with van der Waals surface area (Å²) in [5, 5.41) is 10.8. The lowest BCUT2D eigenvalue weighted by molar-refractivity contribution is 0.180. The summed E-state index contributed by atoms with van der Waals surface area (Å²) in [4.78, 5) is 0. The SMILES string of the molecule is OC1CCc2cc(OCc3cccc(Cl)c3Cl)ccc21. The normalized spacial score (nSPS) is 17.1. The minimum absolute atomic E-state index is 0.332. The van der Waals surface area contributed by atoms with Gasteiger partial charge in [0.25, 0.3) is 0 Å². The Kier molecular flexibility index (Phi) is 3.88. The summed E-state index contributed by atoms with van der Waals surface area (Å²) in [6, 6.07) is 11.3. The summed E-state index contributed by atoms with van der Waals surface area (Å²) >= 11 is 12.1. The van der Waals surface area contributed by atoms with Crippen molar-refractivity contribution in [2.24, 2.45) is 0 Å². The predicted octanol–water partition coefficient (Wildman–Crippen LogP) is 4.55. The highest BCUT2D eigenvalue weighted by atomic mass is 35.5. The standard InChI is InChI=1S/C16H14Cl2O2/c17-14-3-1-2-11(16(14)18)9-20-12-5-6-13-10(8-12)4-7-15(13)19/h1-3,5-6,8,15,19H,4,7,9H2. The van der Waals surface area contributed by atoms with Gasteiger partial charge in [-0.05, 0) is 42.2 Å². The molecule has 0 radical (unpaired) electrons. The summed E-state index contributed by atoms with van der Waals surface area (Å²) in [7, 11) is 0. The van der Waals surface area contributed by atoms with Gasteiger partial charge in [0, 0.05) is 5.56 Å². The molecule has 0 saturated heterocycles. The number of ether oxygens (including phenoxy) is 1. The fourth-order valence-electron chi connectivity index (χ4n) is 2.48. The van der Waals surface area contributed by atoms with Crippen molar-refractivity contribution in [1.29, 1.82) is 0 Å². The smallest absolute Gasteiger partial charge is 0.120 e. The van der Waals surface area contributed by atoms with E-state index in [2.05, 4.69) is 0 Å². The van der Waals surface area contributed by atoms with Crippen LogP contribution in [-0.2, 0) is 13.0 Å². The van der Waals surface area contributed by atoms with Gasteiger partial charge < -0.3 is 9.84 Å². The van der Waals surface area contributed by atoms with Crippen molar-refractivity contribution in [1.82, 2.24) is 0 Å². The van der Waals surface area contributed by atoms with Crippen molar-refractivity contribution in [2.75, 3.05) is 0 Å². The Morgan fingerprint density at radius 3 is 2.90 bits per heavy atom. The molecule has 1 aliphatic rings. The third kappa shape index (κ3) is 2.64. The van der Waals surface area contributed by atoms with E-state index in [1.54, 1.807) is 6.07 Å². The summed E-state index contributed by atoms with van der Waals surface area (Å²) in [5.74, 6) is 0.786. The number of aryl methyl sites for hydroxylation is 1. The highest BCUT2D eigenvalue weighted by Gasteiger charge is 2.20. The van der Waals surface area contributed by atoms with Gasteiger partial charge in [0.2, 0.25) is 0 Å². The number of halogens is 2. The van der Waals surface area contributed by atoms with Crippen LogP contribution in [0.15, 0.2) is 36.4 Å². The van der Waals surface area contributed by atoms with Gasteiger partial charge in [-0.25, -0.2) is 0 Å². The lowest BCUT2D eigenvalue weighted by Gasteiger charge is -2.10. The number of aliphatic hydroxyl groups excluding tert-OH is 1. The topological polar surface area (TPSA) is 29.5 Å². The highest BCUT2D eigenvalue weighted by molar-refractivity contribution is 6.42. The molecule has 0 amide bonds. The molecular weight excluding hydrogens is 295 g/mol. The van der Waals surface area contributed by atoms with Gasteiger partial charge in [-0.3, -0.25) is 0 Å². The van der Waals surface area contributed by atoms with E-state index in [9.17, 15) is 5.11 Å². The van der Waals surface area contributed by atoms with Gasteiger partial charge in [0.15, 0.2) is 0 Å². The zero-order chi connectivity index (χ0) is 14.1. The monoisotopic (exact) mass is 308 g/mol. The van der Waals surface area contributed by atoms with Crippen LogP contribution in [0.4, 0.5) is 0 Å². The van der Waals surface area contributed by atoms with Gasteiger partial charge >= 0.3 is 0 Å². The fourth-order valence-corrected chi connectivity index (χ4v) is 2.86. The fraction of sp³-hybridized carbons (Fsp3) is 0.250. The largest absolute Gasteiger partial charge is 0.489 e. The summed E-state index contributed by atoms with van der Waals surface area (Å²) < 4.78 is 5.76. The Bertz CT molecular complexity index is 640. The highest BCUT2D eigenvalue weighted by Crippen LogP contribution is 2.34. The Balaban J connectivity index is 1.74. The summed E-state index contributed by atoms with van der Waals surface area (Å²) in [6.07, 6.45) is 1.35. The number of fused-ring (bicyclic) bond motifs is 1. The maximum absolute atomic E-state index is 9.77. The molecule has 0 bridgehead atoms. The number of hydrogen-bond acceptors (Lipinski definition) is 2. The molecule has 3 rings (SSSR count). The second kappa shape index (κ2) is 5.65. The minimum atomic E-state index is -0.332. The molecule has 1 aliphatic carbocycles. The van der Waals surface area contributed by atoms with Gasteiger partial charge in [-0.15, -0.1) is 0 Å². The Labute approximate surface area is 127 Å². The Hall–Kier alpha value is -1.22. The number of rotatable bonds is 3. The van der Waals surface area contributed by atoms with Gasteiger partial charge in [0.1, 0.15) is 12.4 Å². The molecule has 104 valence electrons. The third-order valence-corrected chi connectivity index (χ3v) is 4.44. The zero-order valence-corrected chi connectivity index (χ0v) is 12.3. The average molecular weight is 309 g/mol. The maximum atomic E-state index is 9.77. The van der Waals surface area contributed by atoms with Gasteiger partial charge in [-0.2, -0.15) is 0 Å². The lowest BCUT2D eigenvalue weighted by atomic mass is 10.1. The average Bonchev–Trinajstić information content (AvgIpc) is 2.82. The van der Waals surface area contributed by atoms with Crippen molar-refractivity contribution in [3.63, 3.8) is 0 Å². The molecule has 4 heteroatoms. The molecule has 20 heavy (non-hydrogen) atoms. The van der Waals surface area contributed by atoms with Gasteiger partial charge in [0.05, 0.1) is 16.1 Å². The van der Waals surface area contributed by atoms with Crippen molar-refractivity contribution < 1.29 is 9.84 Å². The first kappa shape index (κ1) is 13.7. The van der Waals surface area contributed by atoms with E-state index >= 15 is 0 Å². The molecule has 0 spiro atoms.